The Hall–Kier alpha value is -0.910. The highest BCUT2D eigenvalue weighted by molar-refractivity contribution is 6.30. The molecule has 102 valence electrons. The van der Waals surface area contributed by atoms with Crippen LogP contribution in [0, 0.1) is 6.92 Å². The standard InChI is InChI=1S/C12H19ClN2O3/c1-5-17-12(18-6-2)10(16)7-9-8(3)14-15(4)11(9)13/h12H,5-7H2,1-4H3. The molecule has 0 bridgehead atoms. The second kappa shape index (κ2) is 6.87. The van der Waals surface area contributed by atoms with Gasteiger partial charge < -0.3 is 9.47 Å². The topological polar surface area (TPSA) is 53.4 Å². The predicted octanol–water partition coefficient (Wildman–Crippen LogP) is 1.89. The van der Waals surface area contributed by atoms with Crippen LogP contribution in [0.15, 0.2) is 0 Å². The van der Waals surface area contributed by atoms with Crippen LogP contribution < -0.4 is 0 Å². The van der Waals surface area contributed by atoms with Crippen molar-refractivity contribution >= 4 is 17.4 Å². The summed E-state index contributed by atoms with van der Waals surface area (Å²) in [4.78, 5) is 12.1. The molecule has 0 radical (unpaired) electrons. The number of ether oxygens (including phenoxy) is 2. The van der Waals surface area contributed by atoms with Gasteiger partial charge in [-0.2, -0.15) is 5.10 Å². The Labute approximate surface area is 112 Å². The number of halogens is 1. The van der Waals surface area contributed by atoms with Crippen LogP contribution in [0.4, 0.5) is 0 Å². The van der Waals surface area contributed by atoms with Crippen molar-refractivity contribution < 1.29 is 14.3 Å². The summed E-state index contributed by atoms with van der Waals surface area (Å²) in [6.45, 7) is 6.32. The van der Waals surface area contributed by atoms with Gasteiger partial charge in [-0.25, -0.2) is 0 Å². The number of carbonyl (C=O) groups excluding carboxylic acids is 1. The van der Waals surface area contributed by atoms with E-state index >= 15 is 0 Å². The number of ketones is 1. The molecular weight excluding hydrogens is 256 g/mol. The van der Waals surface area contributed by atoms with Gasteiger partial charge in [0.1, 0.15) is 5.15 Å². The summed E-state index contributed by atoms with van der Waals surface area (Å²) in [5, 5.41) is 4.65. The minimum atomic E-state index is -0.823. The maximum Gasteiger partial charge on any atom is 0.218 e. The van der Waals surface area contributed by atoms with E-state index in [-0.39, 0.29) is 12.2 Å². The summed E-state index contributed by atoms with van der Waals surface area (Å²) in [5.74, 6) is -0.142. The molecule has 1 aromatic rings. The first-order valence-corrected chi connectivity index (χ1v) is 6.32. The van der Waals surface area contributed by atoms with Gasteiger partial charge in [-0.3, -0.25) is 9.48 Å². The van der Waals surface area contributed by atoms with Crippen LogP contribution in [0.3, 0.4) is 0 Å². The van der Waals surface area contributed by atoms with Gasteiger partial charge in [0.15, 0.2) is 5.78 Å². The molecule has 0 spiro atoms. The van der Waals surface area contributed by atoms with Crippen LogP contribution in [-0.4, -0.2) is 35.1 Å². The van der Waals surface area contributed by atoms with Gasteiger partial charge in [-0.15, -0.1) is 0 Å². The number of nitrogens with zero attached hydrogens (tertiary/aromatic N) is 2. The highest BCUT2D eigenvalue weighted by Gasteiger charge is 2.22. The van der Waals surface area contributed by atoms with Gasteiger partial charge in [0, 0.05) is 32.2 Å². The van der Waals surface area contributed by atoms with Crippen molar-refractivity contribution in [1.82, 2.24) is 9.78 Å². The monoisotopic (exact) mass is 274 g/mol. The lowest BCUT2D eigenvalue weighted by molar-refractivity contribution is -0.167. The van der Waals surface area contributed by atoms with Crippen LogP contribution >= 0.6 is 11.6 Å². The minimum absolute atomic E-state index is 0.142. The lowest BCUT2D eigenvalue weighted by Crippen LogP contribution is -2.29. The van der Waals surface area contributed by atoms with Crippen LogP contribution in [0.2, 0.25) is 5.15 Å². The maximum atomic E-state index is 12.1. The van der Waals surface area contributed by atoms with Crippen molar-refractivity contribution in [2.45, 2.75) is 33.5 Å². The molecule has 0 aromatic carbocycles. The average Bonchev–Trinajstić information content (AvgIpc) is 2.55. The Bertz CT molecular complexity index is 412. The number of carbonyl (C=O) groups is 1. The molecule has 0 N–H and O–H groups in total. The quantitative estimate of drug-likeness (QED) is 0.713. The molecule has 0 saturated carbocycles. The van der Waals surface area contributed by atoms with Crippen LogP contribution in [0.5, 0.6) is 0 Å². The van der Waals surface area contributed by atoms with Gasteiger partial charge in [0.2, 0.25) is 6.29 Å². The molecule has 0 amide bonds. The molecule has 18 heavy (non-hydrogen) atoms. The molecule has 0 atom stereocenters. The zero-order valence-corrected chi connectivity index (χ0v) is 12.0. The Morgan fingerprint density at radius 1 is 1.39 bits per heavy atom. The first-order chi connectivity index (χ1) is 8.51. The fourth-order valence-electron chi connectivity index (χ4n) is 1.67. The van der Waals surface area contributed by atoms with Crippen molar-refractivity contribution in [3.8, 4) is 0 Å². The summed E-state index contributed by atoms with van der Waals surface area (Å²) in [6, 6.07) is 0. The maximum absolute atomic E-state index is 12.1. The lowest BCUT2D eigenvalue weighted by atomic mass is 10.1. The Balaban J connectivity index is 2.78. The largest absolute Gasteiger partial charge is 0.346 e. The molecule has 6 heteroatoms. The minimum Gasteiger partial charge on any atom is -0.346 e. The molecule has 0 saturated heterocycles. The summed E-state index contributed by atoms with van der Waals surface area (Å²) < 4.78 is 12.1. The van der Waals surface area contributed by atoms with Crippen molar-refractivity contribution in [3.05, 3.63) is 16.4 Å². The molecular formula is C12H19ClN2O3. The molecule has 0 aliphatic heterocycles. The number of rotatable bonds is 7. The fourth-order valence-corrected chi connectivity index (χ4v) is 1.91. The van der Waals surface area contributed by atoms with Crippen molar-refractivity contribution in [2.24, 2.45) is 7.05 Å². The second-order valence-corrected chi connectivity index (χ2v) is 4.22. The lowest BCUT2D eigenvalue weighted by Gasteiger charge is -2.15. The van der Waals surface area contributed by atoms with Crippen LogP contribution in [0.25, 0.3) is 0 Å². The summed E-state index contributed by atoms with van der Waals surface area (Å²) in [7, 11) is 1.74. The fraction of sp³-hybridized carbons (Fsp3) is 0.667. The number of Topliss-reactive ketones (excluding diaryl/α,β-unsaturated/α-hetero) is 1. The van der Waals surface area contributed by atoms with E-state index in [4.69, 9.17) is 21.1 Å². The number of aryl methyl sites for hydroxylation is 2. The predicted molar refractivity (Wildman–Crippen MR) is 68.7 cm³/mol. The second-order valence-electron chi connectivity index (χ2n) is 3.86. The van der Waals surface area contributed by atoms with E-state index in [1.165, 1.54) is 0 Å². The van der Waals surface area contributed by atoms with Crippen molar-refractivity contribution in [1.29, 1.82) is 0 Å². The number of hydrogen-bond acceptors (Lipinski definition) is 4. The van der Waals surface area contributed by atoms with Gasteiger partial charge in [-0.1, -0.05) is 11.6 Å². The van der Waals surface area contributed by atoms with Gasteiger partial charge >= 0.3 is 0 Å². The van der Waals surface area contributed by atoms with Crippen LogP contribution in [0.1, 0.15) is 25.1 Å². The molecule has 1 rings (SSSR count). The summed E-state index contributed by atoms with van der Waals surface area (Å²) in [5.41, 5.74) is 1.48. The van der Waals surface area contributed by atoms with E-state index in [1.807, 2.05) is 20.8 Å². The summed E-state index contributed by atoms with van der Waals surface area (Å²) in [6.07, 6.45) is -0.654. The first kappa shape index (κ1) is 15.1. The van der Waals surface area contributed by atoms with E-state index in [0.717, 1.165) is 11.3 Å². The van der Waals surface area contributed by atoms with E-state index in [2.05, 4.69) is 5.10 Å². The molecule has 1 heterocycles. The van der Waals surface area contributed by atoms with Crippen molar-refractivity contribution in [3.63, 3.8) is 0 Å². The Morgan fingerprint density at radius 3 is 2.33 bits per heavy atom. The highest BCUT2D eigenvalue weighted by atomic mass is 35.5. The Morgan fingerprint density at radius 2 is 1.94 bits per heavy atom. The molecule has 0 aliphatic rings. The Kier molecular flexibility index (Phi) is 5.78. The van der Waals surface area contributed by atoms with E-state index in [9.17, 15) is 4.79 Å². The van der Waals surface area contributed by atoms with E-state index in [0.29, 0.717) is 18.4 Å². The molecule has 0 unspecified atom stereocenters. The molecule has 0 fully saturated rings. The third kappa shape index (κ3) is 3.54. The summed E-state index contributed by atoms with van der Waals surface area (Å²) >= 11 is 6.08. The zero-order chi connectivity index (χ0) is 13.7. The third-order valence-electron chi connectivity index (χ3n) is 2.52. The zero-order valence-electron chi connectivity index (χ0n) is 11.2. The van der Waals surface area contributed by atoms with Gasteiger partial charge in [-0.05, 0) is 20.8 Å². The van der Waals surface area contributed by atoms with E-state index in [1.54, 1.807) is 11.7 Å². The first-order valence-electron chi connectivity index (χ1n) is 5.95. The number of hydrogen-bond donors (Lipinski definition) is 0. The molecule has 0 aliphatic carbocycles. The van der Waals surface area contributed by atoms with Gasteiger partial charge in [0.05, 0.1) is 5.69 Å². The van der Waals surface area contributed by atoms with Gasteiger partial charge in [0.25, 0.3) is 0 Å². The van der Waals surface area contributed by atoms with Crippen molar-refractivity contribution in [2.75, 3.05) is 13.2 Å². The van der Waals surface area contributed by atoms with Crippen LogP contribution in [-0.2, 0) is 27.7 Å². The number of aromatic nitrogens is 2. The highest BCUT2D eigenvalue weighted by Crippen LogP contribution is 2.20. The normalized spacial score (nSPS) is 11.2. The smallest absolute Gasteiger partial charge is 0.218 e. The third-order valence-corrected chi connectivity index (χ3v) is 2.99. The average molecular weight is 275 g/mol. The molecule has 5 nitrogen and oxygen atoms in total. The van der Waals surface area contributed by atoms with E-state index < -0.39 is 6.29 Å². The molecule has 1 aromatic heterocycles. The SMILES string of the molecule is CCOC(OCC)C(=O)Cc1c(C)nn(C)c1Cl.